The minimum absolute atomic E-state index is 0.735. The van der Waals surface area contributed by atoms with E-state index in [0.29, 0.717) is 0 Å². The van der Waals surface area contributed by atoms with Crippen molar-refractivity contribution in [2.45, 2.75) is 0 Å². The van der Waals surface area contributed by atoms with Gasteiger partial charge in [0.05, 0.1) is 19.8 Å². The number of furan rings is 1. The van der Waals surface area contributed by atoms with Gasteiger partial charge in [-0.3, -0.25) is 0 Å². The first kappa shape index (κ1) is 11.7. The van der Waals surface area contributed by atoms with Gasteiger partial charge in [0.1, 0.15) is 22.8 Å². The summed E-state index contributed by atoms with van der Waals surface area (Å²) in [6, 6.07) is 15.6. The summed E-state index contributed by atoms with van der Waals surface area (Å²) in [4.78, 5) is 0. The van der Waals surface area contributed by atoms with Gasteiger partial charge in [0.15, 0.2) is 0 Å². The van der Waals surface area contributed by atoms with E-state index in [2.05, 4.69) is 0 Å². The molecule has 3 rings (SSSR count). The van der Waals surface area contributed by atoms with Gasteiger partial charge in [-0.1, -0.05) is 18.2 Å². The molecule has 3 nitrogen and oxygen atoms in total. The van der Waals surface area contributed by atoms with E-state index in [9.17, 15) is 0 Å². The number of ether oxygens (including phenoxy) is 2. The van der Waals surface area contributed by atoms with Crippen LogP contribution in [0.1, 0.15) is 0 Å². The van der Waals surface area contributed by atoms with Gasteiger partial charge in [-0.25, -0.2) is 0 Å². The minimum Gasteiger partial charge on any atom is -0.497 e. The molecule has 0 unspecified atom stereocenters. The van der Waals surface area contributed by atoms with Crippen molar-refractivity contribution < 1.29 is 13.9 Å². The van der Waals surface area contributed by atoms with Crippen molar-refractivity contribution >= 4 is 11.0 Å². The van der Waals surface area contributed by atoms with Crippen LogP contribution in [0.25, 0.3) is 22.3 Å². The van der Waals surface area contributed by atoms with Crippen molar-refractivity contribution in [2.24, 2.45) is 0 Å². The molecule has 0 radical (unpaired) electrons. The summed E-state index contributed by atoms with van der Waals surface area (Å²) >= 11 is 0. The summed E-state index contributed by atoms with van der Waals surface area (Å²) in [5.74, 6) is 2.29. The number of methoxy groups -OCH3 is 2. The maximum absolute atomic E-state index is 5.85. The average molecular weight is 254 g/mol. The Labute approximate surface area is 111 Å². The largest absolute Gasteiger partial charge is 0.497 e. The lowest BCUT2D eigenvalue weighted by atomic mass is 10.1. The second-order valence-electron chi connectivity index (χ2n) is 4.21. The molecule has 0 fully saturated rings. The Bertz CT molecular complexity index is 680. The fraction of sp³-hybridized carbons (Fsp3) is 0.125. The van der Waals surface area contributed by atoms with E-state index in [0.717, 1.165) is 33.8 Å². The van der Waals surface area contributed by atoms with Crippen LogP contribution in [0.15, 0.2) is 52.9 Å². The molecule has 2 aromatic carbocycles. The van der Waals surface area contributed by atoms with Crippen LogP contribution in [-0.2, 0) is 0 Å². The lowest BCUT2D eigenvalue weighted by Crippen LogP contribution is -1.89. The fourth-order valence-electron chi connectivity index (χ4n) is 2.12. The number of para-hydroxylation sites is 1. The molecule has 0 spiro atoms. The maximum Gasteiger partial charge on any atom is 0.139 e. The molecule has 1 heterocycles. The lowest BCUT2D eigenvalue weighted by molar-refractivity contribution is 0.394. The van der Waals surface area contributed by atoms with Crippen LogP contribution >= 0.6 is 0 Å². The highest BCUT2D eigenvalue weighted by molar-refractivity contribution is 5.84. The van der Waals surface area contributed by atoms with Crippen LogP contribution < -0.4 is 9.47 Å². The first-order valence-corrected chi connectivity index (χ1v) is 6.03. The number of rotatable bonds is 3. The third kappa shape index (κ3) is 2.03. The molecule has 96 valence electrons. The topological polar surface area (TPSA) is 31.6 Å². The predicted octanol–water partition coefficient (Wildman–Crippen LogP) is 4.12. The van der Waals surface area contributed by atoms with Crippen molar-refractivity contribution in [1.82, 2.24) is 0 Å². The molecule has 0 atom stereocenters. The van der Waals surface area contributed by atoms with Gasteiger partial charge in [0.2, 0.25) is 0 Å². The summed E-state index contributed by atoms with van der Waals surface area (Å²) in [5, 5.41) is 1.08. The van der Waals surface area contributed by atoms with Gasteiger partial charge in [-0.15, -0.1) is 0 Å². The number of benzene rings is 2. The molecule has 0 aliphatic rings. The van der Waals surface area contributed by atoms with Gasteiger partial charge in [-0.05, 0) is 24.3 Å². The van der Waals surface area contributed by atoms with E-state index in [1.54, 1.807) is 14.2 Å². The Kier molecular flexibility index (Phi) is 2.88. The molecule has 0 amide bonds. The highest BCUT2D eigenvalue weighted by Gasteiger charge is 2.12. The van der Waals surface area contributed by atoms with Crippen LogP contribution in [0, 0.1) is 0 Å². The highest BCUT2D eigenvalue weighted by Crippen LogP contribution is 2.36. The van der Waals surface area contributed by atoms with E-state index < -0.39 is 0 Å². The Morgan fingerprint density at radius 3 is 2.47 bits per heavy atom. The molecule has 0 saturated carbocycles. The molecular weight excluding hydrogens is 240 g/mol. The van der Waals surface area contributed by atoms with Crippen molar-refractivity contribution in [1.29, 1.82) is 0 Å². The van der Waals surface area contributed by atoms with Crippen molar-refractivity contribution in [3.63, 3.8) is 0 Å². The minimum atomic E-state index is 0.735. The van der Waals surface area contributed by atoms with Crippen molar-refractivity contribution in [2.75, 3.05) is 14.2 Å². The smallest absolute Gasteiger partial charge is 0.139 e. The van der Waals surface area contributed by atoms with Crippen LogP contribution in [0.2, 0.25) is 0 Å². The Morgan fingerprint density at radius 1 is 0.895 bits per heavy atom. The van der Waals surface area contributed by atoms with Gasteiger partial charge in [0.25, 0.3) is 0 Å². The van der Waals surface area contributed by atoms with E-state index >= 15 is 0 Å². The molecule has 0 bridgehead atoms. The normalized spacial score (nSPS) is 10.6. The van der Waals surface area contributed by atoms with E-state index in [1.165, 1.54) is 0 Å². The van der Waals surface area contributed by atoms with Crippen LogP contribution in [0.4, 0.5) is 0 Å². The highest BCUT2D eigenvalue weighted by atomic mass is 16.5. The van der Waals surface area contributed by atoms with E-state index in [-0.39, 0.29) is 0 Å². The zero-order chi connectivity index (χ0) is 13.2. The third-order valence-corrected chi connectivity index (χ3v) is 3.10. The maximum atomic E-state index is 5.85. The second-order valence-corrected chi connectivity index (χ2v) is 4.21. The first-order valence-electron chi connectivity index (χ1n) is 6.03. The van der Waals surface area contributed by atoms with Crippen molar-refractivity contribution in [3.8, 4) is 22.8 Å². The third-order valence-electron chi connectivity index (χ3n) is 3.10. The van der Waals surface area contributed by atoms with Gasteiger partial charge in [-0.2, -0.15) is 0 Å². The Morgan fingerprint density at radius 2 is 1.74 bits per heavy atom. The van der Waals surface area contributed by atoms with Crippen LogP contribution in [0.3, 0.4) is 0 Å². The molecule has 0 aliphatic carbocycles. The van der Waals surface area contributed by atoms with Crippen molar-refractivity contribution in [3.05, 3.63) is 48.5 Å². The Hall–Kier alpha value is -2.42. The summed E-state index contributed by atoms with van der Waals surface area (Å²) in [6.45, 7) is 0. The zero-order valence-electron chi connectivity index (χ0n) is 10.8. The number of hydrogen-bond acceptors (Lipinski definition) is 3. The quantitative estimate of drug-likeness (QED) is 0.704. The summed E-state index contributed by atoms with van der Waals surface area (Å²) in [5.41, 5.74) is 1.79. The molecule has 3 aromatic rings. The van der Waals surface area contributed by atoms with Gasteiger partial charge >= 0.3 is 0 Å². The van der Waals surface area contributed by atoms with Gasteiger partial charge < -0.3 is 13.9 Å². The molecule has 0 N–H and O–H groups in total. The second kappa shape index (κ2) is 4.69. The molecule has 3 heteroatoms. The fourth-order valence-corrected chi connectivity index (χ4v) is 2.12. The lowest BCUT2D eigenvalue weighted by Gasteiger charge is -2.08. The van der Waals surface area contributed by atoms with E-state index in [1.807, 2.05) is 48.5 Å². The average Bonchev–Trinajstić information content (AvgIpc) is 2.90. The van der Waals surface area contributed by atoms with E-state index in [4.69, 9.17) is 13.9 Å². The molecule has 19 heavy (non-hydrogen) atoms. The molecule has 1 aromatic heterocycles. The summed E-state index contributed by atoms with van der Waals surface area (Å²) in [6.07, 6.45) is 0. The SMILES string of the molecule is COc1ccc(-c2cc3ccccc3o2)c(OC)c1. The molecule has 0 saturated heterocycles. The van der Waals surface area contributed by atoms with Crippen LogP contribution in [-0.4, -0.2) is 14.2 Å². The zero-order valence-corrected chi connectivity index (χ0v) is 10.8. The molecule has 0 aliphatic heterocycles. The monoisotopic (exact) mass is 254 g/mol. The van der Waals surface area contributed by atoms with Crippen LogP contribution in [0.5, 0.6) is 11.5 Å². The number of hydrogen-bond donors (Lipinski definition) is 0. The Balaban J connectivity index is 2.15. The number of fused-ring (bicyclic) bond motifs is 1. The predicted molar refractivity (Wildman–Crippen MR) is 74.8 cm³/mol. The van der Waals surface area contributed by atoms with Gasteiger partial charge in [0, 0.05) is 11.5 Å². The first-order chi connectivity index (χ1) is 9.31. The molecular formula is C16H14O3. The summed E-state index contributed by atoms with van der Waals surface area (Å²) < 4.78 is 16.4. The summed E-state index contributed by atoms with van der Waals surface area (Å²) in [7, 11) is 3.27. The standard InChI is InChI=1S/C16H14O3/c1-17-12-7-8-13(15(10-12)18-2)16-9-11-5-3-4-6-14(11)19-16/h3-10H,1-2H3.